The van der Waals surface area contributed by atoms with Crippen LogP contribution in [0.15, 0.2) is 0 Å². The smallest absolute Gasteiger partial charge is 0.462 e. The van der Waals surface area contributed by atoms with E-state index in [1.807, 2.05) is 0 Å². The van der Waals surface area contributed by atoms with Crippen LogP contribution in [0.25, 0.3) is 0 Å². The first-order valence-corrected chi connectivity index (χ1v) is 38.6. The fraction of sp³-hybridized carbons (Fsp3) is 0.941. The second-order valence-corrected chi connectivity index (χ2v) is 27.9. The molecule has 0 spiro atoms. The van der Waals surface area contributed by atoms with Gasteiger partial charge in [0.25, 0.3) is 0 Å². The Morgan fingerprint density at radius 1 is 0.310 bits per heavy atom. The molecule has 0 radical (unpaired) electrons. The number of rotatable bonds is 68. The van der Waals surface area contributed by atoms with Crippen molar-refractivity contribution in [2.75, 3.05) is 39.6 Å². The highest BCUT2D eigenvalue weighted by molar-refractivity contribution is 7.47. The van der Waals surface area contributed by atoms with Gasteiger partial charge in [-0.05, 0) is 31.6 Å². The van der Waals surface area contributed by atoms with Gasteiger partial charge in [-0.2, -0.15) is 0 Å². The minimum atomic E-state index is -4.95. The predicted molar refractivity (Wildman–Crippen MR) is 349 cm³/mol. The van der Waals surface area contributed by atoms with E-state index in [4.69, 9.17) is 37.0 Å². The van der Waals surface area contributed by atoms with Crippen LogP contribution in [0.3, 0.4) is 0 Å². The topological polar surface area (TPSA) is 237 Å². The molecule has 19 heteroatoms. The molecule has 87 heavy (non-hydrogen) atoms. The number of aliphatic hydroxyl groups excluding tert-OH is 1. The van der Waals surface area contributed by atoms with Crippen LogP contribution in [0, 0.1) is 5.92 Å². The molecular weight excluding hydrogens is 1150 g/mol. The van der Waals surface area contributed by atoms with Crippen molar-refractivity contribution < 1.29 is 80.2 Å². The maximum Gasteiger partial charge on any atom is 0.472 e. The van der Waals surface area contributed by atoms with E-state index in [1.165, 1.54) is 154 Å². The molecule has 516 valence electrons. The number of aliphatic hydroxyl groups is 1. The predicted octanol–water partition coefficient (Wildman–Crippen LogP) is 19.4. The Kier molecular flexibility index (Phi) is 60.2. The van der Waals surface area contributed by atoms with Crippen LogP contribution in [0.2, 0.25) is 0 Å². The summed E-state index contributed by atoms with van der Waals surface area (Å²) in [6.07, 6.45) is 47.7. The summed E-state index contributed by atoms with van der Waals surface area (Å²) in [4.78, 5) is 72.1. The van der Waals surface area contributed by atoms with Gasteiger partial charge in [0.2, 0.25) is 0 Å². The van der Waals surface area contributed by atoms with E-state index in [1.54, 1.807) is 0 Å². The zero-order valence-corrected chi connectivity index (χ0v) is 57.9. The lowest BCUT2D eigenvalue weighted by atomic mass is 10.0. The molecule has 0 aromatic heterocycles. The summed E-state index contributed by atoms with van der Waals surface area (Å²) >= 11 is 0. The monoisotopic (exact) mass is 1280 g/mol. The quantitative estimate of drug-likeness (QED) is 0.0222. The third-order valence-electron chi connectivity index (χ3n) is 15.8. The number of unbranched alkanes of at least 4 members (excludes halogenated alkanes) is 40. The van der Waals surface area contributed by atoms with Gasteiger partial charge in [-0.25, -0.2) is 9.13 Å². The molecule has 0 saturated carbocycles. The number of esters is 4. The van der Waals surface area contributed by atoms with E-state index in [9.17, 15) is 43.2 Å². The molecule has 5 atom stereocenters. The molecule has 0 aliphatic heterocycles. The molecule has 0 aliphatic rings. The lowest BCUT2D eigenvalue weighted by Crippen LogP contribution is -2.30. The largest absolute Gasteiger partial charge is 0.472 e. The zero-order valence-electron chi connectivity index (χ0n) is 56.2. The van der Waals surface area contributed by atoms with Gasteiger partial charge in [0.05, 0.1) is 26.4 Å². The maximum absolute atomic E-state index is 13.0. The van der Waals surface area contributed by atoms with E-state index >= 15 is 0 Å². The van der Waals surface area contributed by atoms with Crippen molar-refractivity contribution in [3.8, 4) is 0 Å². The molecule has 0 heterocycles. The van der Waals surface area contributed by atoms with E-state index in [2.05, 4.69) is 34.6 Å². The van der Waals surface area contributed by atoms with Crippen molar-refractivity contribution in [1.82, 2.24) is 0 Å². The summed E-state index contributed by atoms with van der Waals surface area (Å²) in [5.41, 5.74) is 0. The normalized spacial score (nSPS) is 14.1. The van der Waals surface area contributed by atoms with Crippen molar-refractivity contribution in [2.45, 2.75) is 368 Å². The minimum absolute atomic E-state index is 0.105. The van der Waals surface area contributed by atoms with Crippen molar-refractivity contribution >= 4 is 39.5 Å². The Bertz CT molecular complexity index is 1690. The van der Waals surface area contributed by atoms with Gasteiger partial charge >= 0.3 is 39.5 Å². The standard InChI is InChI=1S/C68H132O17P2/c1-6-9-12-15-18-20-21-22-23-24-25-26-27-28-29-30-31-32-39-44-49-54-68(73)85-64(58-79-66(71)52-47-42-38-34-33-36-40-45-50-61(4)5)60-83-87(76,77)81-56-62(69)55-80-86(74,75)82-59-63(57-78-65(70)51-46-41-35-17-14-11-8-3)84-67(72)53-48-43-37-19-16-13-10-7-2/h61-64,69H,6-60H2,1-5H3,(H,74,75)(H,76,77)/t62-,63+,64+/m0/s1. The van der Waals surface area contributed by atoms with Gasteiger partial charge in [0.15, 0.2) is 12.2 Å². The average molecular weight is 1280 g/mol. The molecule has 2 unspecified atom stereocenters. The van der Waals surface area contributed by atoms with Crippen LogP contribution >= 0.6 is 15.6 Å². The van der Waals surface area contributed by atoms with Crippen molar-refractivity contribution in [2.24, 2.45) is 5.92 Å². The SMILES string of the molecule is CCCCCCCCCCCCCCCCCCCCCCCC(=O)O[C@H](COC(=O)CCCCCCCCCCC(C)C)COP(=O)(O)OC[C@@H](O)COP(=O)(O)OC[C@@H](COC(=O)CCCCCCCCC)OC(=O)CCCCCCCCCC. The third-order valence-corrected chi connectivity index (χ3v) is 17.7. The Balaban J connectivity index is 5.10. The van der Waals surface area contributed by atoms with Gasteiger partial charge in [-0.3, -0.25) is 37.3 Å². The van der Waals surface area contributed by atoms with Crippen LogP contribution in [0.1, 0.15) is 349 Å². The molecule has 0 rings (SSSR count). The number of phosphoric ester groups is 2. The molecule has 0 bridgehead atoms. The summed E-state index contributed by atoms with van der Waals surface area (Å²) in [5.74, 6) is -1.41. The highest BCUT2D eigenvalue weighted by Crippen LogP contribution is 2.45. The lowest BCUT2D eigenvalue weighted by molar-refractivity contribution is -0.161. The van der Waals surface area contributed by atoms with Gasteiger partial charge < -0.3 is 33.8 Å². The summed E-state index contributed by atoms with van der Waals surface area (Å²) < 4.78 is 68.0. The number of phosphoric acid groups is 2. The van der Waals surface area contributed by atoms with Crippen LogP contribution in [0.5, 0.6) is 0 Å². The summed E-state index contributed by atoms with van der Waals surface area (Å²) in [6, 6.07) is 0. The van der Waals surface area contributed by atoms with Gasteiger partial charge in [0, 0.05) is 25.7 Å². The third kappa shape index (κ3) is 62.6. The first-order chi connectivity index (χ1) is 42.0. The summed E-state index contributed by atoms with van der Waals surface area (Å²) in [7, 11) is -9.88. The van der Waals surface area contributed by atoms with Crippen molar-refractivity contribution in [3.63, 3.8) is 0 Å². The first kappa shape index (κ1) is 85.1. The lowest BCUT2D eigenvalue weighted by Gasteiger charge is -2.21. The Morgan fingerprint density at radius 3 is 0.782 bits per heavy atom. The molecule has 0 saturated heterocycles. The molecule has 3 N–H and O–H groups in total. The maximum atomic E-state index is 13.0. The second kappa shape index (κ2) is 61.6. The number of carbonyl (C=O) groups is 4. The number of hydrogen-bond acceptors (Lipinski definition) is 15. The fourth-order valence-electron chi connectivity index (χ4n) is 10.3. The molecule has 0 fully saturated rings. The van der Waals surface area contributed by atoms with Gasteiger partial charge in [-0.1, -0.05) is 298 Å². The van der Waals surface area contributed by atoms with Crippen LogP contribution < -0.4 is 0 Å². The number of hydrogen-bond donors (Lipinski definition) is 3. The first-order valence-electron chi connectivity index (χ1n) is 35.6. The molecule has 0 aromatic rings. The highest BCUT2D eigenvalue weighted by Gasteiger charge is 2.30. The Labute approximate surface area is 530 Å². The van der Waals surface area contributed by atoms with Crippen LogP contribution in [-0.4, -0.2) is 96.7 Å². The van der Waals surface area contributed by atoms with E-state index in [0.29, 0.717) is 25.7 Å². The van der Waals surface area contributed by atoms with Crippen LogP contribution in [0.4, 0.5) is 0 Å². The summed E-state index contributed by atoms with van der Waals surface area (Å²) in [6.45, 7) is 7.12. The molecule has 0 aromatic carbocycles. The Morgan fingerprint density at radius 2 is 0.529 bits per heavy atom. The minimum Gasteiger partial charge on any atom is -0.462 e. The number of ether oxygens (including phenoxy) is 4. The average Bonchev–Trinajstić information content (AvgIpc) is 3.67. The van der Waals surface area contributed by atoms with Crippen LogP contribution in [-0.2, 0) is 65.4 Å². The van der Waals surface area contributed by atoms with Gasteiger partial charge in [-0.15, -0.1) is 0 Å². The summed E-state index contributed by atoms with van der Waals surface area (Å²) in [5, 5.41) is 10.5. The highest BCUT2D eigenvalue weighted by atomic mass is 31.2. The zero-order chi connectivity index (χ0) is 64.2. The second-order valence-electron chi connectivity index (χ2n) is 25.0. The van der Waals surface area contributed by atoms with E-state index in [0.717, 1.165) is 115 Å². The number of carbonyl (C=O) groups excluding carboxylic acids is 4. The Hall–Kier alpha value is -1.94. The van der Waals surface area contributed by atoms with Crippen molar-refractivity contribution in [3.05, 3.63) is 0 Å². The van der Waals surface area contributed by atoms with Gasteiger partial charge in [0.1, 0.15) is 19.3 Å². The van der Waals surface area contributed by atoms with E-state index in [-0.39, 0.29) is 25.7 Å². The molecule has 0 aliphatic carbocycles. The van der Waals surface area contributed by atoms with E-state index < -0.39 is 97.5 Å². The molecular formula is C68H132O17P2. The molecule has 17 nitrogen and oxygen atoms in total. The van der Waals surface area contributed by atoms with Crippen molar-refractivity contribution in [1.29, 1.82) is 0 Å². The molecule has 0 amide bonds. The fourth-order valence-corrected chi connectivity index (χ4v) is 11.9.